The molecule has 0 bridgehead atoms. The van der Waals surface area contributed by atoms with Crippen LogP contribution in [0.5, 0.6) is 0 Å². The number of likely N-dealkylation sites (tertiary alicyclic amines) is 2. The molecule has 0 atom stereocenters. The zero-order valence-electron chi connectivity index (χ0n) is 14.5. The molecule has 0 N–H and O–H groups in total. The number of nitrogens with zero attached hydrogens (tertiary/aromatic N) is 3. The first kappa shape index (κ1) is 16.9. The molecule has 2 aliphatic heterocycles. The molecule has 1 aromatic heterocycles. The average molecular weight is 336 g/mol. The van der Waals surface area contributed by atoms with E-state index in [9.17, 15) is 4.79 Å². The largest absolute Gasteiger partial charge is 0.342 e. The number of hydrogen-bond donors (Lipinski definition) is 0. The van der Waals surface area contributed by atoms with E-state index >= 15 is 0 Å². The van der Waals surface area contributed by atoms with Gasteiger partial charge in [0.15, 0.2) is 0 Å². The number of aromatic nitrogens is 1. The highest BCUT2D eigenvalue weighted by Crippen LogP contribution is 2.22. The van der Waals surface area contributed by atoms with Crippen LogP contribution in [-0.4, -0.2) is 52.9 Å². The van der Waals surface area contributed by atoms with Crippen LogP contribution < -0.4 is 0 Å². The fraction of sp³-hybridized carbons (Fsp3) is 0.778. The molecule has 1 amide bonds. The molecule has 5 heteroatoms. The molecule has 0 radical (unpaired) electrons. The molecule has 2 fully saturated rings. The van der Waals surface area contributed by atoms with Gasteiger partial charge < -0.3 is 9.80 Å². The Morgan fingerprint density at radius 1 is 1.22 bits per heavy atom. The van der Waals surface area contributed by atoms with E-state index in [1.165, 1.54) is 32.4 Å². The van der Waals surface area contributed by atoms with Crippen molar-refractivity contribution in [3.8, 4) is 0 Å². The van der Waals surface area contributed by atoms with Gasteiger partial charge in [-0.15, -0.1) is 11.3 Å². The maximum atomic E-state index is 12.5. The maximum absolute atomic E-state index is 12.5. The number of amides is 1. The second-order valence-electron chi connectivity index (χ2n) is 7.22. The quantitative estimate of drug-likeness (QED) is 0.847. The smallest absolute Gasteiger partial charge is 0.228 e. The van der Waals surface area contributed by atoms with Crippen molar-refractivity contribution in [2.45, 2.75) is 64.3 Å². The van der Waals surface area contributed by atoms with Crippen LogP contribution in [0.25, 0.3) is 0 Å². The Balaban J connectivity index is 1.47. The van der Waals surface area contributed by atoms with Gasteiger partial charge in [0, 0.05) is 30.4 Å². The number of carbonyl (C=O) groups is 1. The molecule has 2 saturated heterocycles. The zero-order valence-corrected chi connectivity index (χ0v) is 15.3. The van der Waals surface area contributed by atoms with Gasteiger partial charge in [0.25, 0.3) is 0 Å². The lowest BCUT2D eigenvalue weighted by molar-refractivity contribution is -0.132. The van der Waals surface area contributed by atoms with Gasteiger partial charge in [0.05, 0.1) is 17.1 Å². The topological polar surface area (TPSA) is 36.4 Å². The Morgan fingerprint density at radius 3 is 2.52 bits per heavy atom. The molecule has 0 unspecified atom stereocenters. The normalized spacial score (nSPS) is 21.1. The Hall–Kier alpha value is -0.940. The minimum absolute atomic E-state index is 0.253. The molecule has 4 nitrogen and oxygen atoms in total. The van der Waals surface area contributed by atoms with Crippen molar-refractivity contribution in [3.05, 3.63) is 16.1 Å². The first-order valence-corrected chi connectivity index (χ1v) is 9.97. The van der Waals surface area contributed by atoms with E-state index in [1.807, 2.05) is 5.38 Å². The second kappa shape index (κ2) is 7.75. The number of piperidine rings is 2. The summed E-state index contributed by atoms with van der Waals surface area (Å²) in [6, 6.07) is 0.700. The SMILES string of the molecule is CC(C)c1nc(CC(=O)N2CCC(N3CCCCC3)CC2)cs1. The number of hydrogen-bond acceptors (Lipinski definition) is 4. The van der Waals surface area contributed by atoms with Crippen LogP contribution in [0, 0.1) is 0 Å². The standard InChI is InChI=1S/C18H29N3OS/c1-14(2)18-19-15(13-23-18)12-17(22)21-10-6-16(7-11-21)20-8-4-3-5-9-20/h13-14,16H,3-12H2,1-2H3. The Bertz CT molecular complexity index is 514. The van der Waals surface area contributed by atoms with Crippen molar-refractivity contribution in [3.63, 3.8) is 0 Å². The lowest BCUT2D eigenvalue weighted by atomic mass is 9.99. The highest BCUT2D eigenvalue weighted by atomic mass is 32.1. The lowest BCUT2D eigenvalue weighted by Gasteiger charge is -2.40. The van der Waals surface area contributed by atoms with E-state index < -0.39 is 0 Å². The molecular weight excluding hydrogens is 306 g/mol. The highest BCUT2D eigenvalue weighted by molar-refractivity contribution is 7.09. The van der Waals surface area contributed by atoms with Gasteiger partial charge in [-0.05, 0) is 38.8 Å². The zero-order chi connectivity index (χ0) is 16.2. The summed E-state index contributed by atoms with van der Waals surface area (Å²) in [4.78, 5) is 21.8. The van der Waals surface area contributed by atoms with Gasteiger partial charge in [-0.1, -0.05) is 20.3 Å². The van der Waals surface area contributed by atoms with E-state index in [4.69, 9.17) is 0 Å². The van der Waals surface area contributed by atoms with Crippen LogP contribution in [0.3, 0.4) is 0 Å². The lowest BCUT2D eigenvalue weighted by Crippen LogP contribution is -2.48. The minimum atomic E-state index is 0.253. The predicted molar refractivity (Wildman–Crippen MR) is 94.9 cm³/mol. The van der Waals surface area contributed by atoms with Crippen molar-refractivity contribution in [2.75, 3.05) is 26.2 Å². The Kier molecular flexibility index (Phi) is 5.70. The molecule has 128 valence electrons. The van der Waals surface area contributed by atoms with Crippen LogP contribution in [-0.2, 0) is 11.2 Å². The third-order valence-corrected chi connectivity index (χ3v) is 6.31. The number of thiazole rings is 1. The minimum Gasteiger partial charge on any atom is -0.342 e. The monoisotopic (exact) mass is 335 g/mol. The summed E-state index contributed by atoms with van der Waals surface area (Å²) in [5, 5.41) is 3.19. The Morgan fingerprint density at radius 2 is 1.91 bits per heavy atom. The van der Waals surface area contributed by atoms with Crippen LogP contribution in [0.15, 0.2) is 5.38 Å². The molecule has 0 aliphatic carbocycles. The summed E-state index contributed by atoms with van der Waals surface area (Å²) in [6.45, 7) is 8.65. The molecule has 3 heterocycles. The van der Waals surface area contributed by atoms with Gasteiger partial charge in [-0.2, -0.15) is 0 Å². The Labute approximate surface area is 143 Å². The molecule has 0 aromatic carbocycles. The fourth-order valence-corrected chi connectivity index (χ4v) is 4.53. The number of carbonyl (C=O) groups excluding carboxylic acids is 1. The van der Waals surface area contributed by atoms with E-state index in [2.05, 4.69) is 28.6 Å². The summed E-state index contributed by atoms with van der Waals surface area (Å²) >= 11 is 1.68. The molecule has 2 aliphatic rings. The predicted octanol–water partition coefficient (Wildman–Crippen LogP) is 3.29. The first-order valence-electron chi connectivity index (χ1n) is 9.09. The fourth-order valence-electron chi connectivity index (χ4n) is 3.70. The summed E-state index contributed by atoms with van der Waals surface area (Å²) < 4.78 is 0. The van der Waals surface area contributed by atoms with Crippen molar-refractivity contribution in [1.29, 1.82) is 0 Å². The van der Waals surface area contributed by atoms with Crippen molar-refractivity contribution >= 4 is 17.2 Å². The van der Waals surface area contributed by atoms with Crippen molar-refractivity contribution in [1.82, 2.24) is 14.8 Å². The van der Waals surface area contributed by atoms with Gasteiger partial charge in [0.1, 0.15) is 0 Å². The van der Waals surface area contributed by atoms with Gasteiger partial charge >= 0.3 is 0 Å². The van der Waals surface area contributed by atoms with Gasteiger partial charge in [-0.25, -0.2) is 4.98 Å². The van der Waals surface area contributed by atoms with Crippen molar-refractivity contribution < 1.29 is 4.79 Å². The molecule has 0 saturated carbocycles. The van der Waals surface area contributed by atoms with E-state index in [1.54, 1.807) is 11.3 Å². The molecule has 1 aromatic rings. The summed E-state index contributed by atoms with van der Waals surface area (Å²) in [7, 11) is 0. The summed E-state index contributed by atoms with van der Waals surface area (Å²) in [6.07, 6.45) is 6.83. The van der Waals surface area contributed by atoms with Gasteiger partial charge in [0.2, 0.25) is 5.91 Å². The maximum Gasteiger partial charge on any atom is 0.228 e. The van der Waals surface area contributed by atoms with Crippen LogP contribution in [0.1, 0.15) is 62.6 Å². The van der Waals surface area contributed by atoms with Gasteiger partial charge in [-0.3, -0.25) is 4.79 Å². The van der Waals surface area contributed by atoms with Crippen LogP contribution in [0.4, 0.5) is 0 Å². The highest BCUT2D eigenvalue weighted by Gasteiger charge is 2.27. The molecule has 23 heavy (non-hydrogen) atoms. The number of rotatable bonds is 4. The van der Waals surface area contributed by atoms with Crippen molar-refractivity contribution in [2.24, 2.45) is 0 Å². The molecule has 0 spiro atoms. The summed E-state index contributed by atoms with van der Waals surface area (Å²) in [5.74, 6) is 0.701. The average Bonchev–Trinajstić information content (AvgIpc) is 3.04. The van der Waals surface area contributed by atoms with E-state index in [-0.39, 0.29) is 5.91 Å². The van der Waals surface area contributed by atoms with Crippen LogP contribution >= 0.6 is 11.3 Å². The summed E-state index contributed by atoms with van der Waals surface area (Å²) in [5.41, 5.74) is 0.946. The third kappa shape index (κ3) is 4.32. The first-order chi connectivity index (χ1) is 11.1. The second-order valence-corrected chi connectivity index (χ2v) is 8.11. The van der Waals surface area contributed by atoms with Crippen LogP contribution in [0.2, 0.25) is 0 Å². The van der Waals surface area contributed by atoms with E-state index in [0.29, 0.717) is 18.4 Å². The molecular formula is C18H29N3OS. The third-order valence-electron chi connectivity index (χ3n) is 5.12. The molecule has 3 rings (SSSR count). The van der Waals surface area contributed by atoms with E-state index in [0.717, 1.165) is 36.6 Å².